The summed E-state index contributed by atoms with van der Waals surface area (Å²) >= 11 is 0. The molecule has 2 aromatic rings. The predicted octanol–water partition coefficient (Wildman–Crippen LogP) is 3.34. The molecule has 0 saturated heterocycles. The number of nitrogens with two attached hydrogens (primary N) is 1. The highest BCUT2D eigenvalue weighted by Gasteiger charge is 2.47. The molecule has 1 atom stereocenters. The van der Waals surface area contributed by atoms with Gasteiger partial charge in [0.2, 0.25) is 0 Å². The topological polar surface area (TPSA) is 103 Å². The zero-order valence-electron chi connectivity index (χ0n) is 17.9. The minimum atomic E-state index is -2.95. The summed E-state index contributed by atoms with van der Waals surface area (Å²) in [4.78, 5) is 29.1. The maximum absolute atomic E-state index is 13.1. The van der Waals surface area contributed by atoms with Gasteiger partial charge in [-0.1, -0.05) is 42.0 Å². The normalized spacial score (nSPS) is 21.8. The summed E-state index contributed by atoms with van der Waals surface area (Å²) in [6.45, 7) is -0.859. The molecule has 2 aliphatic rings. The van der Waals surface area contributed by atoms with Crippen molar-refractivity contribution in [1.82, 2.24) is 5.32 Å². The van der Waals surface area contributed by atoms with E-state index < -0.39 is 18.1 Å². The Balaban J connectivity index is 1.64. The number of alkyl halides is 2. The highest BCUT2D eigenvalue weighted by molar-refractivity contribution is 6.09. The molecular weight excluding hydrogens is 432 g/mol. The quantitative estimate of drug-likeness (QED) is 0.492. The molecule has 1 saturated carbocycles. The maximum atomic E-state index is 13.1. The van der Waals surface area contributed by atoms with Crippen LogP contribution in [0.4, 0.5) is 8.78 Å². The van der Waals surface area contributed by atoms with Crippen LogP contribution in [0.5, 0.6) is 5.75 Å². The van der Waals surface area contributed by atoms with Gasteiger partial charge in [-0.2, -0.15) is 8.78 Å². The maximum Gasteiger partial charge on any atom is 0.387 e. The first kappa shape index (κ1) is 22.4. The lowest BCUT2D eigenvalue weighted by molar-refractivity contribution is -0.137. The molecular formula is C24H23F2N3O4. The molecule has 1 aliphatic carbocycles. The van der Waals surface area contributed by atoms with Crippen LogP contribution in [0.15, 0.2) is 65.2 Å². The number of hydrogen-bond acceptors (Lipinski definition) is 6. The van der Waals surface area contributed by atoms with Gasteiger partial charge in [-0.25, -0.2) is 9.79 Å². The molecule has 1 amide bonds. The van der Waals surface area contributed by atoms with Crippen LogP contribution in [0.2, 0.25) is 0 Å². The average molecular weight is 455 g/mol. The van der Waals surface area contributed by atoms with Gasteiger partial charge in [0.25, 0.3) is 5.91 Å². The summed E-state index contributed by atoms with van der Waals surface area (Å²) in [5.41, 5.74) is 7.47. The minimum absolute atomic E-state index is 0.0246. The van der Waals surface area contributed by atoms with Crippen molar-refractivity contribution >= 4 is 17.8 Å². The predicted molar refractivity (Wildman–Crippen MR) is 117 cm³/mol. The molecule has 0 bridgehead atoms. The highest BCUT2D eigenvalue weighted by Crippen LogP contribution is 2.44. The summed E-state index contributed by atoms with van der Waals surface area (Å²) in [5, 5.41) is 2.55. The molecule has 33 heavy (non-hydrogen) atoms. The number of hydrogen-bond donors (Lipinski definition) is 2. The first-order valence-electron chi connectivity index (χ1n) is 10.5. The van der Waals surface area contributed by atoms with Crippen LogP contribution in [0, 0.1) is 0 Å². The number of halogens is 2. The molecule has 4 rings (SSSR count). The van der Waals surface area contributed by atoms with Crippen LogP contribution in [-0.4, -0.2) is 31.1 Å². The standard InChI is InChI=1S/C24H23F2N3O4/c1-2-32-20(30)12-14-10-16(11-14)15-4-3-5-18(13-15)24(21(31)28-23(27)29-24)17-6-8-19(9-7-17)33-22(25)26/h3-9,12-13,16,22H,2,10-11H2,1H3,(H3,27,28,29,31). The van der Waals surface area contributed by atoms with Crippen LogP contribution in [-0.2, 0) is 19.9 Å². The van der Waals surface area contributed by atoms with Crippen molar-refractivity contribution < 1.29 is 27.8 Å². The van der Waals surface area contributed by atoms with Crippen molar-refractivity contribution in [1.29, 1.82) is 0 Å². The summed E-state index contributed by atoms with van der Waals surface area (Å²) < 4.78 is 34.4. The van der Waals surface area contributed by atoms with E-state index in [0.717, 1.165) is 11.1 Å². The molecule has 0 aromatic heterocycles. The number of carbonyl (C=O) groups is 2. The minimum Gasteiger partial charge on any atom is -0.463 e. The Bertz CT molecular complexity index is 1120. The number of ether oxygens (including phenoxy) is 2. The molecule has 9 heteroatoms. The number of carbonyl (C=O) groups excluding carboxylic acids is 2. The smallest absolute Gasteiger partial charge is 0.387 e. The van der Waals surface area contributed by atoms with E-state index in [1.165, 1.54) is 30.3 Å². The van der Waals surface area contributed by atoms with Gasteiger partial charge in [0.15, 0.2) is 11.5 Å². The molecule has 1 fully saturated rings. The molecule has 0 radical (unpaired) electrons. The van der Waals surface area contributed by atoms with E-state index in [1.807, 2.05) is 18.2 Å². The summed E-state index contributed by atoms with van der Waals surface area (Å²) in [6.07, 6.45) is 2.96. The van der Waals surface area contributed by atoms with Crippen LogP contribution in [0.3, 0.4) is 0 Å². The van der Waals surface area contributed by atoms with Crippen molar-refractivity contribution in [2.75, 3.05) is 6.61 Å². The van der Waals surface area contributed by atoms with Gasteiger partial charge in [-0.3, -0.25) is 10.1 Å². The van der Waals surface area contributed by atoms with E-state index >= 15 is 0 Å². The highest BCUT2D eigenvalue weighted by atomic mass is 19.3. The monoisotopic (exact) mass is 455 g/mol. The van der Waals surface area contributed by atoms with E-state index in [2.05, 4.69) is 15.0 Å². The first-order chi connectivity index (χ1) is 15.8. The molecule has 0 spiro atoms. The number of nitrogens with one attached hydrogen (secondary N) is 1. The van der Waals surface area contributed by atoms with Crippen molar-refractivity contribution in [2.45, 2.75) is 37.8 Å². The van der Waals surface area contributed by atoms with Crippen LogP contribution < -0.4 is 15.8 Å². The number of esters is 1. The fourth-order valence-electron chi connectivity index (χ4n) is 4.20. The largest absolute Gasteiger partial charge is 0.463 e. The van der Waals surface area contributed by atoms with Gasteiger partial charge >= 0.3 is 12.6 Å². The second kappa shape index (κ2) is 9.01. The lowest BCUT2D eigenvalue weighted by atomic mass is 9.74. The van der Waals surface area contributed by atoms with Gasteiger partial charge in [-0.05, 0) is 54.5 Å². The third-order valence-corrected chi connectivity index (χ3v) is 5.76. The van der Waals surface area contributed by atoms with Crippen LogP contribution in [0.1, 0.15) is 42.4 Å². The van der Waals surface area contributed by atoms with Gasteiger partial charge < -0.3 is 15.2 Å². The molecule has 3 N–H and O–H groups in total. The van der Waals surface area contributed by atoms with E-state index in [4.69, 9.17) is 10.5 Å². The second-order valence-corrected chi connectivity index (χ2v) is 7.85. The van der Waals surface area contributed by atoms with E-state index in [1.54, 1.807) is 13.0 Å². The van der Waals surface area contributed by atoms with Crippen molar-refractivity contribution in [2.24, 2.45) is 10.7 Å². The Kier molecular flexibility index (Phi) is 6.13. The molecule has 172 valence electrons. The summed E-state index contributed by atoms with van der Waals surface area (Å²) in [7, 11) is 0. The molecule has 1 unspecified atom stereocenters. The zero-order valence-corrected chi connectivity index (χ0v) is 17.9. The van der Waals surface area contributed by atoms with Gasteiger partial charge in [0.05, 0.1) is 6.61 Å². The zero-order chi connectivity index (χ0) is 23.6. The Morgan fingerprint density at radius 1 is 1.24 bits per heavy atom. The first-order valence-corrected chi connectivity index (χ1v) is 10.5. The third kappa shape index (κ3) is 4.44. The van der Waals surface area contributed by atoms with Gasteiger partial charge in [-0.15, -0.1) is 0 Å². The van der Waals surface area contributed by atoms with Crippen LogP contribution in [0.25, 0.3) is 0 Å². The molecule has 2 aromatic carbocycles. The second-order valence-electron chi connectivity index (χ2n) is 7.85. The van der Waals surface area contributed by atoms with E-state index in [-0.39, 0.29) is 23.6 Å². The number of benzene rings is 2. The van der Waals surface area contributed by atoms with Crippen molar-refractivity contribution in [3.8, 4) is 5.75 Å². The van der Waals surface area contributed by atoms with Crippen molar-refractivity contribution in [3.05, 3.63) is 76.9 Å². The fourth-order valence-corrected chi connectivity index (χ4v) is 4.20. The Labute approximate surface area is 189 Å². The van der Waals surface area contributed by atoms with E-state index in [0.29, 0.717) is 30.6 Å². The average Bonchev–Trinajstić information content (AvgIpc) is 3.05. The summed E-state index contributed by atoms with van der Waals surface area (Å²) in [6, 6.07) is 13.3. The third-order valence-electron chi connectivity index (χ3n) is 5.76. The van der Waals surface area contributed by atoms with E-state index in [9.17, 15) is 18.4 Å². The van der Waals surface area contributed by atoms with Gasteiger partial charge in [0.1, 0.15) is 5.75 Å². The lowest BCUT2D eigenvalue weighted by Crippen LogP contribution is -2.39. The molecule has 1 aliphatic heterocycles. The number of rotatable bonds is 7. The number of aliphatic imine (C=N–C) groups is 1. The fraction of sp³-hybridized carbons (Fsp3) is 0.292. The SMILES string of the molecule is CCOC(=O)C=C1CC(c2cccc(C3(c4ccc(OC(F)F)cc4)N=C(N)NC3=O)c2)C1. The molecule has 1 heterocycles. The number of amides is 1. The Morgan fingerprint density at radius 3 is 2.58 bits per heavy atom. The number of guanidine groups is 1. The Hall–Kier alpha value is -3.75. The lowest BCUT2D eigenvalue weighted by Gasteiger charge is -2.31. The number of allylic oxidation sites excluding steroid dienone is 1. The summed E-state index contributed by atoms with van der Waals surface area (Å²) in [5.74, 6) is -0.637. The Morgan fingerprint density at radius 2 is 1.97 bits per heavy atom. The van der Waals surface area contributed by atoms with Crippen molar-refractivity contribution in [3.63, 3.8) is 0 Å². The van der Waals surface area contributed by atoms with Gasteiger partial charge in [0, 0.05) is 6.08 Å². The number of nitrogens with zero attached hydrogens (tertiary/aromatic N) is 1. The van der Waals surface area contributed by atoms with Crippen LogP contribution >= 0.6 is 0 Å². The molecule has 7 nitrogen and oxygen atoms in total.